The number of hydrogen-bond acceptors (Lipinski definition) is 4. The molecule has 0 bridgehead atoms. The number of carbonyl (C=O) groups is 1. The molecule has 0 spiro atoms. The molecule has 0 radical (unpaired) electrons. The Morgan fingerprint density at radius 2 is 1.59 bits per heavy atom. The summed E-state index contributed by atoms with van der Waals surface area (Å²) in [6.07, 6.45) is 1.72. The fraction of sp³-hybridized carbons (Fsp3) is 0.0345. The summed E-state index contributed by atoms with van der Waals surface area (Å²) in [6.45, 7) is 0.00155. The molecule has 3 aromatic carbocycles. The lowest BCUT2D eigenvalue weighted by atomic mass is 10.0. The monoisotopic (exact) mass is 486 g/mol. The summed E-state index contributed by atoms with van der Waals surface area (Å²) in [5, 5.41) is 6.80. The normalized spacial score (nSPS) is 11.1. The minimum absolute atomic E-state index is 0.00155. The molecule has 8 nitrogen and oxygen atoms in total. The summed E-state index contributed by atoms with van der Waals surface area (Å²) in [7, 11) is 0. The molecule has 0 saturated carbocycles. The van der Waals surface area contributed by atoms with E-state index in [4.69, 9.17) is 10.7 Å². The summed E-state index contributed by atoms with van der Waals surface area (Å²) in [5.41, 5.74) is 11.2. The van der Waals surface area contributed by atoms with Crippen LogP contribution in [0, 0.1) is 0 Å². The Kier molecular flexibility index (Phi) is 5.46. The van der Waals surface area contributed by atoms with Crippen molar-refractivity contribution in [2.24, 2.45) is 5.73 Å². The lowest BCUT2D eigenvalue weighted by Gasteiger charge is -2.11. The van der Waals surface area contributed by atoms with E-state index in [1.807, 2.05) is 91.0 Å². The number of H-pyrrole nitrogens is 1. The van der Waals surface area contributed by atoms with E-state index >= 15 is 0 Å². The van der Waals surface area contributed by atoms with Crippen molar-refractivity contribution in [1.82, 2.24) is 24.9 Å². The van der Waals surface area contributed by atoms with Crippen LogP contribution in [0.3, 0.4) is 0 Å². The van der Waals surface area contributed by atoms with Gasteiger partial charge in [0.25, 0.3) is 5.56 Å². The number of rotatable bonds is 5. The topological polar surface area (TPSA) is 118 Å². The first-order valence-corrected chi connectivity index (χ1v) is 11.8. The molecule has 0 saturated heterocycles. The van der Waals surface area contributed by atoms with Crippen LogP contribution < -0.4 is 16.6 Å². The number of amides is 2. The van der Waals surface area contributed by atoms with E-state index in [1.54, 1.807) is 6.20 Å². The maximum atomic E-state index is 14.1. The number of urea groups is 1. The molecule has 0 atom stereocenters. The van der Waals surface area contributed by atoms with Crippen molar-refractivity contribution in [1.29, 1.82) is 0 Å². The minimum atomic E-state index is -0.696. The second kappa shape index (κ2) is 9.09. The number of carbonyl (C=O) groups excluding carboxylic acids is 1. The number of benzene rings is 3. The van der Waals surface area contributed by atoms with Gasteiger partial charge < -0.3 is 11.1 Å². The summed E-state index contributed by atoms with van der Waals surface area (Å²) < 4.78 is 1.47. The van der Waals surface area contributed by atoms with Gasteiger partial charge in [-0.05, 0) is 29.3 Å². The van der Waals surface area contributed by atoms with Gasteiger partial charge in [0.05, 0.1) is 34.6 Å². The van der Waals surface area contributed by atoms with Gasteiger partial charge in [-0.1, -0.05) is 72.8 Å². The zero-order valence-corrected chi connectivity index (χ0v) is 19.7. The van der Waals surface area contributed by atoms with Crippen LogP contribution >= 0.6 is 0 Å². The summed E-state index contributed by atoms with van der Waals surface area (Å²) in [6, 6.07) is 28.3. The molecular weight excluding hydrogens is 464 g/mol. The number of aromatic nitrogens is 4. The van der Waals surface area contributed by atoms with Gasteiger partial charge in [-0.25, -0.2) is 9.78 Å². The Morgan fingerprint density at radius 1 is 0.865 bits per heavy atom. The molecule has 180 valence electrons. The highest BCUT2D eigenvalue weighted by atomic mass is 16.2. The van der Waals surface area contributed by atoms with Gasteiger partial charge in [0.1, 0.15) is 0 Å². The molecular formula is C29H22N6O2. The smallest absolute Gasteiger partial charge is 0.312 e. The fourth-order valence-electron chi connectivity index (χ4n) is 4.63. The van der Waals surface area contributed by atoms with Crippen LogP contribution in [0.4, 0.5) is 4.79 Å². The first kappa shape index (κ1) is 22.2. The van der Waals surface area contributed by atoms with Crippen LogP contribution in [0.15, 0.2) is 102 Å². The van der Waals surface area contributed by atoms with Crippen molar-refractivity contribution in [2.45, 2.75) is 6.54 Å². The van der Waals surface area contributed by atoms with Crippen LogP contribution in [0.25, 0.3) is 50.1 Å². The zero-order chi connectivity index (χ0) is 25.4. The second-order valence-electron chi connectivity index (χ2n) is 8.62. The number of hydrogen-bond donors (Lipinski definition) is 3. The quantitative estimate of drug-likeness (QED) is 0.326. The third-order valence-electron chi connectivity index (χ3n) is 6.30. The summed E-state index contributed by atoms with van der Waals surface area (Å²) in [4.78, 5) is 35.0. The van der Waals surface area contributed by atoms with Crippen LogP contribution in [-0.4, -0.2) is 25.6 Å². The molecule has 2 amide bonds. The zero-order valence-electron chi connectivity index (χ0n) is 19.7. The molecule has 37 heavy (non-hydrogen) atoms. The number of pyridine rings is 1. The Balaban J connectivity index is 1.68. The van der Waals surface area contributed by atoms with Gasteiger partial charge in [-0.2, -0.15) is 4.52 Å². The van der Waals surface area contributed by atoms with E-state index in [0.29, 0.717) is 22.5 Å². The SMILES string of the molecule is NC(=O)NCc1nc2c(-c3ccccc3)c(-c3ccccc3)[nH]n2c(=O)c1-c1ccc2ncccc2c1. The number of nitrogens with two attached hydrogens (primary N) is 1. The first-order chi connectivity index (χ1) is 18.1. The Hall–Kier alpha value is -5.24. The summed E-state index contributed by atoms with van der Waals surface area (Å²) in [5.74, 6) is 0. The maximum Gasteiger partial charge on any atom is 0.312 e. The lowest BCUT2D eigenvalue weighted by molar-refractivity contribution is 0.248. The van der Waals surface area contributed by atoms with Crippen molar-refractivity contribution in [2.75, 3.05) is 0 Å². The number of primary amides is 1. The van der Waals surface area contributed by atoms with E-state index in [2.05, 4.69) is 15.4 Å². The maximum absolute atomic E-state index is 14.1. The Bertz CT molecular complexity index is 1820. The molecule has 3 heterocycles. The van der Waals surface area contributed by atoms with Crippen LogP contribution in [0.1, 0.15) is 5.69 Å². The van der Waals surface area contributed by atoms with Crippen LogP contribution in [-0.2, 0) is 6.54 Å². The standard InChI is InChI=1S/C29H22N6O2/c30-29(37)32-17-23-24(21-13-14-22-20(16-21)12-7-15-31-22)28(36)35-27(33-23)25(18-8-3-1-4-9-18)26(34-35)19-10-5-2-6-11-19/h1-16,34H,17H2,(H3,30,32,37). The number of nitrogens with zero attached hydrogens (tertiary/aromatic N) is 3. The molecule has 4 N–H and O–H groups in total. The second-order valence-corrected chi connectivity index (χ2v) is 8.62. The molecule has 0 aliphatic heterocycles. The molecule has 8 heteroatoms. The van der Waals surface area contributed by atoms with Gasteiger partial charge in [-0.15, -0.1) is 0 Å². The molecule has 6 rings (SSSR count). The lowest BCUT2D eigenvalue weighted by Crippen LogP contribution is -2.31. The van der Waals surface area contributed by atoms with E-state index in [9.17, 15) is 9.59 Å². The predicted octanol–water partition coefficient (Wildman–Crippen LogP) is 4.74. The fourth-order valence-corrected chi connectivity index (χ4v) is 4.63. The molecule has 6 aromatic rings. The van der Waals surface area contributed by atoms with Gasteiger partial charge in [0.15, 0.2) is 5.65 Å². The van der Waals surface area contributed by atoms with Gasteiger partial charge in [-0.3, -0.25) is 14.9 Å². The molecule has 0 aliphatic carbocycles. The minimum Gasteiger partial charge on any atom is -0.352 e. The third-order valence-corrected chi connectivity index (χ3v) is 6.30. The van der Waals surface area contributed by atoms with E-state index in [1.165, 1.54) is 4.52 Å². The predicted molar refractivity (Wildman–Crippen MR) is 144 cm³/mol. The van der Waals surface area contributed by atoms with Crippen LogP contribution in [0.2, 0.25) is 0 Å². The first-order valence-electron chi connectivity index (χ1n) is 11.8. The highest BCUT2D eigenvalue weighted by Crippen LogP contribution is 2.35. The molecule has 0 fully saturated rings. The largest absolute Gasteiger partial charge is 0.352 e. The highest BCUT2D eigenvalue weighted by molar-refractivity contribution is 5.91. The van der Waals surface area contributed by atoms with Gasteiger partial charge in [0, 0.05) is 17.1 Å². The summed E-state index contributed by atoms with van der Waals surface area (Å²) >= 11 is 0. The van der Waals surface area contributed by atoms with Crippen molar-refractivity contribution < 1.29 is 4.79 Å². The average Bonchev–Trinajstić information content (AvgIpc) is 3.32. The van der Waals surface area contributed by atoms with Crippen molar-refractivity contribution in [3.05, 3.63) is 113 Å². The van der Waals surface area contributed by atoms with Gasteiger partial charge in [0.2, 0.25) is 0 Å². The molecule has 0 aliphatic rings. The van der Waals surface area contributed by atoms with Crippen molar-refractivity contribution in [3.8, 4) is 33.5 Å². The third kappa shape index (κ3) is 4.00. The number of fused-ring (bicyclic) bond motifs is 2. The molecule has 0 unspecified atom stereocenters. The van der Waals surface area contributed by atoms with Crippen molar-refractivity contribution >= 4 is 22.6 Å². The van der Waals surface area contributed by atoms with Crippen molar-refractivity contribution in [3.63, 3.8) is 0 Å². The Labute approximate surface area is 211 Å². The van der Waals surface area contributed by atoms with Crippen LogP contribution in [0.5, 0.6) is 0 Å². The van der Waals surface area contributed by atoms with Gasteiger partial charge >= 0.3 is 6.03 Å². The van der Waals surface area contributed by atoms with E-state index in [-0.39, 0.29) is 12.1 Å². The molecule has 3 aromatic heterocycles. The Morgan fingerprint density at radius 3 is 2.32 bits per heavy atom. The van der Waals surface area contributed by atoms with E-state index < -0.39 is 6.03 Å². The van der Waals surface area contributed by atoms with E-state index in [0.717, 1.165) is 33.3 Å². The highest BCUT2D eigenvalue weighted by Gasteiger charge is 2.22. The average molecular weight is 487 g/mol. The number of aromatic amines is 1. The number of nitrogens with one attached hydrogen (secondary N) is 2.